The van der Waals surface area contributed by atoms with Crippen LogP contribution in [0.1, 0.15) is 19.4 Å². The third kappa shape index (κ3) is 4.49. The lowest BCUT2D eigenvalue weighted by atomic mass is 10.1. The Morgan fingerprint density at radius 2 is 2.06 bits per heavy atom. The normalized spacial score (nSPS) is 12.2. The summed E-state index contributed by atoms with van der Waals surface area (Å²) in [6.07, 6.45) is 0.271. The highest BCUT2D eigenvalue weighted by atomic mass is 79.9. The monoisotopic (exact) mass is 313 g/mol. The molecule has 4 nitrogen and oxygen atoms in total. The maximum atomic E-state index is 11.5. The largest absolute Gasteiger partial charge is 0.480 e. The topological polar surface area (TPSA) is 66.4 Å². The molecule has 0 bridgehead atoms. The lowest BCUT2D eigenvalue weighted by Crippen LogP contribution is -2.44. The molecule has 1 rings (SSSR count). The van der Waals surface area contributed by atoms with Crippen molar-refractivity contribution in [1.82, 2.24) is 5.32 Å². The number of amides is 1. The smallest absolute Gasteiger partial charge is 0.326 e. The van der Waals surface area contributed by atoms with E-state index < -0.39 is 12.0 Å². The van der Waals surface area contributed by atoms with Gasteiger partial charge in [0, 0.05) is 16.8 Å². The summed E-state index contributed by atoms with van der Waals surface area (Å²) in [6, 6.07) is 6.49. The van der Waals surface area contributed by atoms with Gasteiger partial charge in [0.1, 0.15) is 6.04 Å². The molecule has 0 heterocycles. The van der Waals surface area contributed by atoms with Crippen LogP contribution < -0.4 is 5.32 Å². The highest BCUT2D eigenvalue weighted by molar-refractivity contribution is 9.10. The first-order chi connectivity index (χ1) is 8.40. The molecule has 1 amide bonds. The molecule has 0 fully saturated rings. The van der Waals surface area contributed by atoms with E-state index in [2.05, 4.69) is 21.2 Å². The van der Waals surface area contributed by atoms with Crippen molar-refractivity contribution in [2.75, 3.05) is 0 Å². The van der Waals surface area contributed by atoms with Gasteiger partial charge >= 0.3 is 5.97 Å². The number of carboxylic acid groups (broad SMARTS) is 1. The highest BCUT2D eigenvalue weighted by Gasteiger charge is 2.21. The van der Waals surface area contributed by atoms with Crippen molar-refractivity contribution in [3.8, 4) is 0 Å². The average molecular weight is 314 g/mol. The molecule has 0 aliphatic carbocycles. The number of hydrogen-bond donors (Lipinski definition) is 2. The van der Waals surface area contributed by atoms with E-state index in [0.717, 1.165) is 10.0 Å². The first-order valence-corrected chi connectivity index (χ1v) is 6.47. The third-order valence-corrected chi connectivity index (χ3v) is 2.96. The summed E-state index contributed by atoms with van der Waals surface area (Å²) in [4.78, 5) is 22.7. The van der Waals surface area contributed by atoms with Gasteiger partial charge in [-0.05, 0) is 17.7 Å². The quantitative estimate of drug-likeness (QED) is 0.876. The average Bonchev–Trinajstić information content (AvgIpc) is 2.27. The Labute approximate surface area is 115 Å². The molecule has 0 saturated carbocycles. The summed E-state index contributed by atoms with van der Waals surface area (Å²) < 4.78 is 0.888. The molecule has 1 atom stereocenters. The minimum absolute atomic E-state index is 0.227. The lowest BCUT2D eigenvalue weighted by molar-refractivity contribution is -0.142. The minimum Gasteiger partial charge on any atom is -0.480 e. The fourth-order valence-electron chi connectivity index (χ4n) is 1.44. The Morgan fingerprint density at radius 1 is 1.39 bits per heavy atom. The van der Waals surface area contributed by atoms with Gasteiger partial charge in [0.05, 0.1) is 0 Å². The van der Waals surface area contributed by atoms with Crippen LogP contribution in [0, 0.1) is 5.92 Å². The Hall–Kier alpha value is -1.36. The SMILES string of the molecule is CC(C)C(=O)NC(Cc1cccc(Br)c1)C(=O)O. The first-order valence-electron chi connectivity index (χ1n) is 5.67. The number of aliphatic carboxylic acids is 1. The van der Waals surface area contributed by atoms with Crippen LogP contribution in [0.5, 0.6) is 0 Å². The van der Waals surface area contributed by atoms with E-state index in [1.807, 2.05) is 24.3 Å². The zero-order valence-corrected chi connectivity index (χ0v) is 11.9. The molecular weight excluding hydrogens is 298 g/mol. The van der Waals surface area contributed by atoms with Gasteiger partial charge < -0.3 is 10.4 Å². The number of hydrogen-bond acceptors (Lipinski definition) is 2. The summed E-state index contributed by atoms with van der Waals surface area (Å²) in [5.74, 6) is -1.50. The fourth-order valence-corrected chi connectivity index (χ4v) is 1.88. The van der Waals surface area contributed by atoms with Crippen molar-refractivity contribution < 1.29 is 14.7 Å². The second-order valence-electron chi connectivity index (χ2n) is 4.39. The molecule has 0 radical (unpaired) electrons. The summed E-state index contributed by atoms with van der Waals surface area (Å²) >= 11 is 3.33. The number of carbonyl (C=O) groups is 2. The van der Waals surface area contributed by atoms with Crippen molar-refractivity contribution in [2.45, 2.75) is 26.3 Å². The van der Waals surface area contributed by atoms with Gasteiger partial charge in [-0.2, -0.15) is 0 Å². The Morgan fingerprint density at radius 3 is 2.56 bits per heavy atom. The first kappa shape index (κ1) is 14.7. The van der Waals surface area contributed by atoms with Crippen LogP contribution in [0.3, 0.4) is 0 Å². The van der Waals surface area contributed by atoms with Crippen molar-refractivity contribution in [3.05, 3.63) is 34.3 Å². The van der Waals surface area contributed by atoms with E-state index in [1.54, 1.807) is 13.8 Å². The molecule has 0 saturated heterocycles. The maximum absolute atomic E-state index is 11.5. The van der Waals surface area contributed by atoms with Crippen LogP contribution in [0.2, 0.25) is 0 Å². The summed E-state index contributed by atoms with van der Waals surface area (Å²) in [6.45, 7) is 3.46. The predicted molar refractivity (Wildman–Crippen MR) is 72.3 cm³/mol. The van der Waals surface area contributed by atoms with Crippen LogP contribution in [0.15, 0.2) is 28.7 Å². The van der Waals surface area contributed by atoms with Crippen molar-refractivity contribution >= 4 is 27.8 Å². The second-order valence-corrected chi connectivity index (χ2v) is 5.30. The van der Waals surface area contributed by atoms with Gasteiger partial charge in [-0.1, -0.05) is 41.9 Å². The van der Waals surface area contributed by atoms with Crippen LogP contribution in [0.25, 0.3) is 0 Å². The van der Waals surface area contributed by atoms with Crippen molar-refractivity contribution in [1.29, 1.82) is 0 Å². The minimum atomic E-state index is -1.02. The van der Waals surface area contributed by atoms with E-state index in [1.165, 1.54) is 0 Å². The van der Waals surface area contributed by atoms with Crippen LogP contribution in [-0.2, 0) is 16.0 Å². The van der Waals surface area contributed by atoms with Crippen LogP contribution >= 0.6 is 15.9 Å². The van der Waals surface area contributed by atoms with Crippen LogP contribution in [-0.4, -0.2) is 23.0 Å². The molecule has 0 spiro atoms. The number of halogens is 1. The van der Waals surface area contributed by atoms with Crippen LogP contribution in [0.4, 0.5) is 0 Å². The molecule has 18 heavy (non-hydrogen) atoms. The number of nitrogens with one attached hydrogen (secondary N) is 1. The van der Waals surface area contributed by atoms with Gasteiger partial charge in [0.25, 0.3) is 0 Å². The van der Waals surface area contributed by atoms with Gasteiger partial charge in [-0.25, -0.2) is 4.79 Å². The molecule has 5 heteroatoms. The predicted octanol–water partition coefficient (Wildman–Crippen LogP) is 2.22. The summed E-state index contributed by atoms with van der Waals surface area (Å²) in [5, 5.41) is 11.6. The van der Waals surface area contributed by atoms with E-state index in [9.17, 15) is 9.59 Å². The van der Waals surface area contributed by atoms with E-state index in [0.29, 0.717) is 0 Å². The molecule has 0 aromatic heterocycles. The molecule has 0 aliphatic rings. The lowest BCUT2D eigenvalue weighted by Gasteiger charge is -2.16. The highest BCUT2D eigenvalue weighted by Crippen LogP contribution is 2.13. The number of benzene rings is 1. The Kier molecular flexibility index (Phi) is 5.34. The molecular formula is C13H16BrNO3. The molecule has 98 valence electrons. The zero-order valence-electron chi connectivity index (χ0n) is 10.3. The van der Waals surface area contributed by atoms with E-state index >= 15 is 0 Å². The Balaban J connectivity index is 2.75. The second kappa shape index (κ2) is 6.54. The van der Waals surface area contributed by atoms with E-state index in [4.69, 9.17) is 5.11 Å². The summed E-state index contributed by atoms with van der Waals surface area (Å²) in [7, 11) is 0. The number of carbonyl (C=O) groups excluding carboxylic acids is 1. The maximum Gasteiger partial charge on any atom is 0.326 e. The van der Waals surface area contributed by atoms with Gasteiger partial charge in [0.15, 0.2) is 0 Å². The number of carboxylic acids is 1. The fraction of sp³-hybridized carbons (Fsp3) is 0.385. The zero-order chi connectivity index (χ0) is 13.7. The van der Waals surface area contributed by atoms with Gasteiger partial charge in [0.2, 0.25) is 5.91 Å². The van der Waals surface area contributed by atoms with Crippen molar-refractivity contribution in [3.63, 3.8) is 0 Å². The molecule has 2 N–H and O–H groups in total. The third-order valence-electron chi connectivity index (χ3n) is 2.47. The Bertz CT molecular complexity index is 446. The molecule has 1 aromatic carbocycles. The summed E-state index contributed by atoms with van der Waals surface area (Å²) in [5.41, 5.74) is 0.862. The van der Waals surface area contributed by atoms with Gasteiger partial charge in [-0.15, -0.1) is 0 Å². The standard InChI is InChI=1S/C13H16BrNO3/c1-8(2)12(16)15-11(13(17)18)7-9-4-3-5-10(14)6-9/h3-6,8,11H,7H2,1-2H3,(H,15,16)(H,17,18). The molecule has 0 aliphatic heterocycles. The molecule has 1 unspecified atom stereocenters. The van der Waals surface area contributed by atoms with Gasteiger partial charge in [-0.3, -0.25) is 4.79 Å². The number of rotatable bonds is 5. The molecule has 1 aromatic rings. The van der Waals surface area contributed by atoms with E-state index in [-0.39, 0.29) is 18.2 Å². The van der Waals surface area contributed by atoms with Crippen molar-refractivity contribution in [2.24, 2.45) is 5.92 Å².